The second-order valence-corrected chi connectivity index (χ2v) is 4.71. The number of rotatable bonds is 2. The summed E-state index contributed by atoms with van der Waals surface area (Å²) in [6.07, 6.45) is 3.80. The fourth-order valence-electron chi connectivity index (χ4n) is 2.48. The SMILES string of the molecule is CC1CC(=O)CCC1Cc1ccccc1. The quantitative estimate of drug-likeness (QED) is 0.719. The largest absolute Gasteiger partial charge is 0.300 e. The van der Waals surface area contributed by atoms with Gasteiger partial charge in [0, 0.05) is 12.8 Å². The number of hydrogen-bond acceptors (Lipinski definition) is 1. The number of carbonyl (C=O) groups is 1. The molecule has 1 nitrogen and oxygen atoms in total. The highest BCUT2D eigenvalue weighted by Gasteiger charge is 2.25. The zero-order valence-corrected chi connectivity index (χ0v) is 9.28. The number of ketones is 1. The van der Waals surface area contributed by atoms with Crippen LogP contribution in [-0.2, 0) is 11.2 Å². The first-order chi connectivity index (χ1) is 7.25. The Kier molecular flexibility index (Phi) is 3.20. The van der Waals surface area contributed by atoms with Gasteiger partial charge in [-0.05, 0) is 30.2 Å². The molecule has 1 aromatic carbocycles. The minimum Gasteiger partial charge on any atom is -0.300 e. The van der Waals surface area contributed by atoms with Crippen LogP contribution in [0, 0.1) is 11.8 Å². The maximum absolute atomic E-state index is 11.3. The average Bonchev–Trinajstić information content (AvgIpc) is 2.24. The second-order valence-electron chi connectivity index (χ2n) is 4.71. The number of hydrogen-bond donors (Lipinski definition) is 0. The van der Waals surface area contributed by atoms with Crippen molar-refractivity contribution in [2.24, 2.45) is 11.8 Å². The third kappa shape index (κ3) is 2.68. The third-order valence-corrected chi connectivity index (χ3v) is 3.49. The molecule has 0 amide bonds. The average molecular weight is 202 g/mol. The zero-order chi connectivity index (χ0) is 10.7. The van der Waals surface area contributed by atoms with Gasteiger partial charge in [-0.15, -0.1) is 0 Å². The molecule has 0 saturated heterocycles. The van der Waals surface area contributed by atoms with Gasteiger partial charge >= 0.3 is 0 Å². The normalized spacial score (nSPS) is 26.6. The summed E-state index contributed by atoms with van der Waals surface area (Å²) in [7, 11) is 0. The van der Waals surface area contributed by atoms with Crippen molar-refractivity contribution in [2.45, 2.75) is 32.6 Å². The molecule has 0 radical (unpaired) electrons. The lowest BCUT2D eigenvalue weighted by Gasteiger charge is -2.27. The molecule has 0 N–H and O–H groups in total. The maximum Gasteiger partial charge on any atom is 0.133 e. The molecule has 2 rings (SSSR count). The molecule has 1 aliphatic carbocycles. The lowest BCUT2D eigenvalue weighted by molar-refractivity contribution is -0.122. The maximum atomic E-state index is 11.3. The summed E-state index contributed by atoms with van der Waals surface area (Å²) in [6, 6.07) is 10.6. The van der Waals surface area contributed by atoms with Crippen molar-refractivity contribution in [3.63, 3.8) is 0 Å². The summed E-state index contributed by atoms with van der Waals surface area (Å²) in [5, 5.41) is 0. The first-order valence-corrected chi connectivity index (χ1v) is 5.81. The van der Waals surface area contributed by atoms with Crippen molar-refractivity contribution in [3.05, 3.63) is 35.9 Å². The van der Waals surface area contributed by atoms with Crippen LogP contribution < -0.4 is 0 Å². The van der Waals surface area contributed by atoms with Crippen LogP contribution in [0.3, 0.4) is 0 Å². The van der Waals surface area contributed by atoms with Crippen LogP contribution in [0.4, 0.5) is 0 Å². The van der Waals surface area contributed by atoms with Crippen molar-refractivity contribution in [3.8, 4) is 0 Å². The van der Waals surface area contributed by atoms with Crippen molar-refractivity contribution in [1.29, 1.82) is 0 Å². The van der Waals surface area contributed by atoms with Gasteiger partial charge in [0.15, 0.2) is 0 Å². The summed E-state index contributed by atoms with van der Waals surface area (Å²) in [5.41, 5.74) is 1.41. The molecule has 1 fully saturated rings. The first-order valence-electron chi connectivity index (χ1n) is 5.81. The topological polar surface area (TPSA) is 17.1 Å². The van der Waals surface area contributed by atoms with Gasteiger partial charge in [-0.2, -0.15) is 0 Å². The Morgan fingerprint density at radius 3 is 2.67 bits per heavy atom. The number of carbonyl (C=O) groups excluding carboxylic acids is 1. The highest BCUT2D eigenvalue weighted by Crippen LogP contribution is 2.30. The molecule has 2 unspecified atom stereocenters. The van der Waals surface area contributed by atoms with Crippen LogP contribution >= 0.6 is 0 Å². The molecule has 0 aliphatic heterocycles. The van der Waals surface area contributed by atoms with Crippen LogP contribution in [0.25, 0.3) is 0 Å². The number of benzene rings is 1. The zero-order valence-electron chi connectivity index (χ0n) is 9.28. The van der Waals surface area contributed by atoms with Crippen molar-refractivity contribution < 1.29 is 4.79 Å². The van der Waals surface area contributed by atoms with Gasteiger partial charge < -0.3 is 0 Å². The van der Waals surface area contributed by atoms with E-state index in [4.69, 9.17) is 0 Å². The van der Waals surface area contributed by atoms with E-state index in [0.29, 0.717) is 17.6 Å². The molecule has 2 atom stereocenters. The predicted octanol–water partition coefficient (Wildman–Crippen LogP) is 3.23. The van der Waals surface area contributed by atoms with Gasteiger partial charge in [0.2, 0.25) is 0 Å². The molecular formula is C14H18O. The van der Waals surface area contributed by atoms with Crippen LogP contribution in [0.2, 0.25) is 0 Å². The van der Waals surface area contributed by atoms with E-state index in [2.05, 4.69) is 37.3 Å². The minimum atomic E-state index is 0.451. The highest BCUT2D eigenvalue weighted by molar-refractivity contribution is 5.79. The molecular weight excluding hydrogens is 184 g/mol. The van der Waals surface area contributed by atoms with Crippen molar-refractivity contribution in [1.82, 2.24) is 0 Å². The smallest absolute Gasteiger partial charge is 0.133 e. The standard InChI is InChI=1S/C14H18O/c1-11-9-14(15)8-7-13(11)10-12-5-3-2-4-6-12/h2-6,11,13H,7-10H2,1H3. The summed E-state index contributed by atoms with van der Waals surface area (Å²) in [5.74, 6) is 1.71. The molecule has 15 heavy (non-hydrogen) atoms. The number of Topliss-reactive ketones (excluding diaryl/α,β-unsaturated/α-hetero) is 1. The first kappa shape index (κ1) is 10.4. The molecule has 1 heteroatoms. The van der Waals surface area contributed by atoms with Gasteiger partial charge in [0.05, 0.1) is 0 Å². The molecule has 1 aliphatic rings. The van der Waals surface area contributed by atoms with E-state index in [1.807, 2.05) is 0 Å². The van der Waals surface area contributed by atoms with E-state index < -0.39 is 0 Å². The van der Waals surface area contributed by atoms with E-state index in [0.717, 1.165) is 25.7 Å². The summed E-state index contributed by atoms with van der Waals surface area (Å²) in [4.78, 5) is 11.3. The molecule has 0 bridgehead atoms. The Morgan fingerprint density at radius 2 is 2.00 bits per heavy atom. The summed E-state index contributed by atoms with van der Waals surface area (Å²) in [6.45, 7) is 2.21. The fourth-order valence-corrected chi connectivity index (χ4v) is 2.48. The Bertz CT molecular complexity index is 328. The Labute approximate surface area is 91.5 Å². The molecule has 1 aromatic rings. The predicted molar refractivity (Wildman–Crippen MR) is 61.7 cm³/mol. The summed E-state index contributed by atoms with van der Waals surface area (Å²) < 4.78 is 0. The van der Waals surface area contributed by atoms with Crippen LogP contribution in [0.5, 0.6) is 0 Å². The second kappa shape index (κ2) is 4.61. The third-order valence-electron chi connectivity index (χ3n) is 3.49. The molecule has 80 valence electrons. The Morgan fingerprint density at radius 1 is 1.27 bits per heavy atom. The van der Waals surface area contributed by atoms with Crippen LogP contribution in [0.1, 0.15) is 31.7 Å². The van der Waals surface area contributed by atoms with E-state index in [-0.39, 0.29) is 0 Å². The van der Waals surface area contributed by atoms with Gasteiger partial charge in [-0.1, -0.05) is 37.3 Å². The van der Waals surface area contributed by atoms with Gasteiger partial charge in [0.1, 0.15) is 5.78 Å². The van der Waals surface area contributed by atoms with Gasteiger partial charge in [-0.25, -0.2) is 0 Å². The summed E-state index contributed by atoms with van der Waals surface area (Å²) >= 11 is 0. The molecule has 0 aromatic heterocycles. The fraction of sp³-hybridized carbons (Fsp3) is 0.500. The Hall–Kier alpha value is -1.11. The van der Waals surface area contributed by atoms with Crippen molar-refractivity contribution >= 4 is 5.78 Å². The molecule has 0 spiro atoms. The lowest BCUT2D eigenvalue weighted by atomic mass is 9.77. The Balaban J connectivity index is 1.98. The van der Waals surface area contributed by atoms with Crippen LogP contribution in [-0.4, -0.2) is 5.78 Å². The molecule has 1 saturated carbocycles. The van der Waals surface area contributed by atoms with E-state index in [1.54, 1.807) is 0 Å². The molecule has 0 heterocycles. The monoisotopic (exact) mass is 202 g/mol. The van der Waals surface area contributed by atoms with Gasteiger partial charge in [-0.3, -0.25) is 4.79 Å². The van der Waals surface area contributed by atoms with Crippen molar-refractivity contribution in [2.75, 3.05) is 0 Å². The van der Waals surface area contributed by atoms with Crippen LogP contribution in [0.15, 0.2) is 30.3 Å². The minimum absolute atomic E-state index is 0.451. The van der Waals surface area contributed by atoms with E-state index >= 15 is 0 Å². The lowest BCUT2D eigenvalue weighted by Crippen LogP contribution is -2.24. The van der Waals surface area contributed by atoms with E-state index in [9.17, 15) is 4.79 Å². The van der Waals surface area contributed by atoms with E-state index in [1.165, 1.54) is 5.56 Å². The van der Waals surface area contributed by atoms with Gasteiger partial charge in [0.25, 0.3) is 0 Å². The highest BCUT2D eigenvalue weighted by atomic mass is 16.1.